The molecule has 0 saturated heterocycles. The van der Waals surface area contributed by atoms with Crippen molar-refractivity contribution in [3.8, 4) is 11.1 Å². The number of benzene rings is 2. The molecule has 0 fully saturated rings. The summed E-state index contributed by atoms with van der Waals surface area (Å²) in [5.41, 5.74) is 19.9. The fraction of sp³-hybridized carbons (Fsp3) is 0.346. The number of aryl methyl sites for hydroxylation is 2. The van der Waals surface area contributed by atoms with Gasteiger partial charge >= 0.3 is 0 Å². The normalized spacial score (nSPS) is 11.5. The molecule has 1 aliphatic rings. The van der Waals surface area contributed by atoms with E-state index in [1.165, 1.54) is 55.1 Å². The van der Waals surface area contributed by atoms with Crippen LogP contribution in [-0.4, -0.2) is 4.98 Å². The Hall–Kier alpha value is -2.64. The molecule has 0 radical (unpaired) electrons. The van der Waals surface area contributed by atoms with Crippen LogP contribution >= 0.6 is 12.6 Å². The number of hydrogen-bond donors (Lipinski definition) is 4. The van der Waals surface area contributed by atoms with Gasteiger partial charge in [-0.1, -0.05) is 33.8 Å². The standard InChI is InChI=1S/C12H12F2N4.C10H12S.2C2H6/c13-8-1-2-9(16)11(14)10(8)7-3-6(4-15)12(17)18-5-7;11-10-6-5-8-3-1-2-4-9(8)7-10;2*1-2/h1-3,5H,4,15-16H2,(H2,17,18);5-7,11H,1-4H2;2*1-2H3. The summed E-state index contributed by atoms with van der Waals surface area (Å²) in [5.74, 6) is -1.29. The van der Waals surface area contributed by atoms with E-state index in [9.17, 15) is 8.78 Å². The SMILES string of the molecule is CC.CC.NCc1cc(-c2c(F)ccc(N)c2F)cnc1N.Sc1ccc2c(c1)CCCC2. The number of nitrogen functional groups attached to an aromatic ring is 2. The highest BCUT2D eigenvalue weighted by molar-refractivity contribution is 7.80. The van der Waals surface area contributed by atoms with E-state index in [0.717, 1.165) is 11.0 Å². The molecule has 0 unspecified atom stereocenters. The first-order valence-corrected chi connectivity index (χ1v) is 11.8. The molecule has 33 heavy (non-hydrogen) atoms. The lowest BCUT2D eigenvalue weighted by molar-refractivity contribution is 0.592. The smallest absolute Gasteiger partial charge is 0.156 e. The quantitative estimate of drug-likeness (QED) is 0.250. The summed E-state index contributed by atoms with van der Waals surface area (Å²) in [5, 5.41) is 0. The maximum absolute atomic E-state index is 13.8. The van der Waals surface area contributed by atoms with Gasteiger partial charge in [0, 0.05) is 28.8 Å². The van der Waals surface area contributed by atoms with E-state index in [0.29, 0.717) is 5.56 Å². The van der Waals surface area contributed by atoms with Gasteiger partial charge in [-0.15, -0.1) is 12.6 Å². The summed E-state index contributed by atoms with van der Waals surface area (Å²) < 4.78 is 27.5. The van der Waals surface area contributed by atoms with Crippen LogP contribution in [0.5, 0.6) is 0 Å². The minimum Gasteiger partial charge on any atom is -0.396 e. The number of aromatic nitrogens is 1. The number of fused-ring (bicyclic) bond motifs is 1. The first-order valence-electron chi connectivity index (χ1n) is 11.4. The molecule has 0 atom stereocenters. The summed E-state index contributed by atoms with van der Waals surface area (Å²) >= 11 is 4.32. The lowest BCUT2D eigenvalue weighted by atomic mass is 9.92. The van der Waals surface area contributed by atoms with Crippen molar-refractivity contribution in [1.82, 2.24) is 4.98 Å². The van der Waals surface area contributed by atoms with Crippen LogP contribution in [0.1, 0.15) is 57.2 Å². The molecule has 3 aromatic rings. The molecule has 0 spiro atoms. The van der Waals surface area contributed by atoms with Crippen LogP contribution in [0.4, 0.5) is 20.3 Å². The number of rotatable bonds is 2. The first-order chi connectivity index (χ1) is 15.9. The van der Waals surface area contributed by atoms with Gasteiger partial charge in [0.2, 0.25) is 0 Å². The Morgan fingerprint density at radius 3 is 2.18 bits per heavy atom. The number of thiol groups is 1. The van der Waals surface area contributed by atoms with Gasteiger partial charge in [0.05, 0.1) is 11.3 Å². The van der Waals surface area contributed by atoms with Crippen LogP contribution in [0, 0.1) is 11.6 Å². The predicted molar refractivity (Wildman–Crippen MR) is 139 cm³/mol. The van der Waals surface area contributed by atoms with Crippen molar-refractivity contribution in [3.05, 3.63) is 70.9 Å². The molecule has 0 bridgehead atoms. The third-order valence-electron chi connectivity index (χ3n) is 4.96. The highest BCUT2D eigenvalue weighted by Crippen LogP contribution is 2.30. The molecule has 0 amide bonds. The van der Waals surface area contributed by atoms with E-state index >= 15 is 0 Å². The Morgan fingerprint density at radius 1 is 0.909 bits per heavy atom. The average molecular weight is 475 g/mol. The molecule has 1 heterocycles. The van der Waals surface area contributed by atoms with Crippen LogP contribution in [0.15, 0.2) is 47.5 Å². The predicted octanol–water partition coefficient (Wildman–Crippen LogP) is 6.56. The van der Waals surface area contributed by atoms with Gasteiger partial charge < -0.3 is 17.2 Å². The lowest BCUT2D eigenvalue weighted by Crippen LogP contribution is -2.05. The second-order valence-electron chi connectivity index (χ2n) is 6.96. The molecule has 4 nitrogen and oxygen atoms in total. The Bertz CT molecular complexity index is 1030. The summed E-state index contributed by atoms with van der Waals surface area (Å²) in [7, 11) is 0. The number of nitrogens with zero attached hydrogens (tertiary/aromatic N) is 1. The molecular weight excluding hydrogens is 438 g/mol. The van der Waals surface area contributed by atoms with Crippen LogP contribution in [-0.2, 0) is 19.4 Å². The van der Waals surface area contributed by atoms with E-state index in [1.807, 2.05) is 27.7 Å². The monoisotopic (exact) mass is 474 g/mol. The minimum absolute atomic E-state index is 0.127. The lowest BCUT2D eigenvalue weighted by Gasteiger charge is -2.15. The van der Waals surface area contributed by atoms with Gasteiger partial charge in [-0.2, -0.15) is 0 Å². The van der Waals surface area contributed by atoms with Crippen LogP contribution < -0.4 is 17.2 Å². The van der Waals surface area contributed by atoms with Crippen molar-refractivity contribution in [2.24, 2.45) is 5.73 Å². The van der Waals surface area contributed by atoms with E-state index in [2.05, 4.69) is 35.8 Å². The minimum atomic E-state index is -0.815. The summed E-state index contributed by atoms with van der Waals surface area (Å²) in [6.45, 7) is 8.14. The van der Waals surface area contributed by atoms with Gasteiger partial charge in [-0.05, 0) is 67.1 Å². The Kier molecular flexibility index (Phi) is 12.5. The van der Waals surface area contributed by atoms with Crippen molar-refractivity contribution < 1.29 is 8.78 Å². The number of hydrogen-bond acceptors (Lipinski definition) is 5. The molecule has 0 saturated carbocycles. The third kappa shape index (κ3) is 7.72. The second-order valence-corrected chi connectivity index (χ2v) is 7.47. The maximum Gasteiger partial charge on any atom is 0.156 e. The van der Waals surface area contributed by atoms with Gasteiger partial charge in [0.1, 0.15) is 11.6 Å². The van der Waals surface area contributed by atoms with E-state index < -0.39 is 11.6 Å². The number of anilines is 2. The van der Waals surface area contributed by atoms with E-state index in [1.54, 1.807) is 0 Å². The molecule has 2 aromatic carbocycles. The maximum atomic E-state index is 13.8. The summed E-state index contributed by atoms with van der Waals surface area (Å²) in [6, 6.07) is 10.3. The largest absolute Gasteiger partial charge is 0.396 e. The number of nitrogens with two attached hydrogens (primary N) is 3. The highest BCUT2D eigenvalue weighted by atomic mass is 32.1. The molecule has 4 rings (SSSR count). The van der Waals surface area contributed by atoms with Gasteiger partial charge in [-0.25, -0.2) is 13.8 Å². The molecule has 7 heteroatoms. The zero-order chi connectivity index (χ0) is 25.0. The molecule has 1 aliphatic carbocycles. The van der Waals surface area contributed by atoms with Crippen molar-refractivity contribution in [2.45, 2.75) is 64.8 Å². The summed E-state index contributed by atoms with van der Waals surface area (Å²) in [4.78, 5) is 4.96. The van der Waals surface area contributed by atoms with Gasteiger partial charge in [0.25, 0.3) is 0 Å². The molecule has 1 aromatic heterocycles. The van der Waals surface area contributed by atoms with E-state index in [4.69, 9.17) is 17.2 Å². The molecule has 6 N–H and O–H groups in total. The molecule has 0 aliphatic heterocycles. The fourth-order valence-electron chi connectivity index (χ4n) is 3.37. The zero-order valence-corrected chi connectivity index (χ0v) is 20.9. The van der Waals surface area contributed by atoms with Crippen molar-refractivity contribution in [2.75, 3.05) is 11.5 Å². The summed E-state index contributed by atoms with van der Waals surface area (Å²) in [6.07, 6.45) is 6.52. The van der Waals surface area contributed by atoms with Gasteiger partial charge in [0.15, 0.2) is 5.82 Å². The van der Waals surface area contributed by atoms with E-state index in [-0.39, 0.29) is 29.2 Å². The van der Waals surface area contributed by atoms with Crippen molar-refractivity contribution in [1.29, 1.82) is 0 Å². The topological polar surface area (TPSA) is 91.0 Å². The Morgan fingerprint density at radius 2 is 1.55 bits per heavy atom. The zero-order valence-electron chi connectivity index (χ0n) is 20.0. The van der Waals surface area contributed by atoms with Crippen molar-refractivity contribution >= 4 is 24.1 Å². The second kappa shape index (κ2) is 14.5. The van der Waals surface area contributed by atoms with Crippen LogP contribution in [0.3, 0.4) is 0 Å². The Labute approximate surface area is 202 Å². The average Bonchev–Trinajstić information content (AvgIpc) is 2.85. The molecule has 180 valence electrons. The van der Waals surface area contributed by atoms with Crippen molar-refractivity contribution in [3.63, 3.8) is 0 Å². The molecular formula is C26H36F2N4S. The highest BCUT2D eigenvalue weighted by Gasteiger charge is 2.15. The Balaban J connectivity index is 0.000000310. The van der Waals surface area contributed by atoms with Gasteiger partial charge in [-0.3, -0.25) is 0 Å². The van der Waals surface area contributed by atoms with Crippen LogP contribution in [0.25, 0.3) is 11.1 Å². The number of pyridine rings is 1. The van der Waals surface area contributed by atoms with Crippen LogP contribution in [0.2, 0.25) is 0 Å². The first kappa shape index (κ1) is 28.4. The number of halogens is 2. The third-order valence-corrected chi connectivity index (χ3v) is 5.24. The fourth-order valence-corrected chi connectivity index (χ4v) is 3.60.